The van der Waals surface area contributed by atoms with Crippen LogP contribution in [0.1, 0.15) is 26.7 Å². The van der Waals surface area contributed by atoms with Gasteiger partial charge in [-0.1, -0.05) is 13.8 Å². The molecule has 2 rings (SSSR count). The quantitative estimate of drug-likeness (QED) is 0.779. The van der Waals surface area contributed by atoms with Crippen molar-refractivity contribution in [2.45, 2.75) is 32.7 Å². The molecular weight excluding hydrogens is 358 g/mol. The number of hydrogen-bond acceptors (Lipinski definition) is 2. The first-order chi connectivity index (χ1) is 8.90. The van der Waals surface area contributed by atoms with E-state index in [1.165, 1.54) is 12.1 Å². The van der Waals surface area contributed by atoms with Crippen molar-refractivity contribution in [2.75, 3.05) is 11.9 Å². The zero-order chi connectivity index (χ0) is 14.0. The maximum Gasteiger partial charge on any atom is 0.242 e. The normalized spacial score (nSPS) is 22.0. The smallest absolute Gasteiger partial charge is 0.242 e. The molecule has 1 amide bonds. The Morgan fingerprint density at radius 3 is 2.89 bits per heavy atom. The number of piperidine rings is 1. The van der Waals surface area contributed by atoms with Gasteiger partial charge in [0.1, 0.15) is 5.82 Å². The average Bonchev–Trinajstić information content (AvgIpc) is 2.32. The molecule has 5 heteroatoms. The Labute approximate surface area is 126 Å². The predicted octanol–water partition coefficient (Wildman–Crippen LogP) is 3.15. The molecular formula is C14H18FIN2O. The van der Waals surface area contributed by atoms with Crippen LogP contribution in [0.3, 0.4) is 0 Å². The van der Waals surface area contributed by atoms with E-state index in [4.69, 9.17) is 0 Å². The molecule has 1 unspecified atom stereocenters. The van der Waals surface area contributed by atoms with Crippen LogP contribution < -0.4 is 10.6 Å². The van der Waals surface area contributed by atoms with Gasteiger partial charge in [0.2, 0.25) is 5.91 Å². The van der Waals surface area contributed by atoms with Crippen LogP contribution in [0.5, 0.6) is 0 Å². The number of rotatable bonds is 2. The lowest BCUT2D eigenvalue weighted by molar-refractivity contribution is -0.121. The number of hydrogen-bond donors (Lipinski definition) is 2. The van der Waals surface area contributed by atoms with Crippen LogP contribution in [0.4, 0.5) is 10.1 Å². The number of benzene rings is 1. The van der Waals surface area contributed by atoms with E-state index in [0.29, 0.717) is 9.26 Å². The van der Waals surface area contributed by atoms with Crippen molar-refractivity contribution in [1.29, 1.82) is 0 Å². The first-order valence-corrected chi connectivity index (χ1v) is 7.47. The summed E-state index contributed by atoms with van der Waals surface area (Å²) >= 11 is 2.02. The molecule has 0 saturated carbocycles. The highest BCUT2D eigenvalue weighted by molar-refractivity contribution is 14.1. The van der Waals surface area contributed by atoms with Gasteiger partial charge in [-0.15, -0.1) is 0 Å². The van der Waals surface area contributed by atoms with E-state index in [2.05, 4.69) is 24.5 Å². The molecule has 19 heavy (non-hydrogen) atoms. The number of halogens is 2. The molecule has 1 fully saturated rings. The minimum absolute atomic E-state index is 0.0470. The lowest BCUT2D eigenvalue weighted by atomic mass is 9.77. The Balaban J connectivity index is 2.12. The third-order valence-electron chi connectivity index (χ3n) is 3.58. The Morgan fingerprint density at radius 2 is 2.26 bits per heavy atom. The van der Waals surface area contributed by atoms with Gasteiger partial charge in [0.15, 0.2) is 0 Å². The van der Waals surface area contributed by atoms with Gasteiger partial charge in [0.05, 0.1) is 11.7 Å². The van der Waals surface area contributed by atoms with Gasteiger partial charge in [-0.25, -0.2) is 4.39 Å². The summed E-state index contributed by atoms with van der Waals surface area (Å²) in [7, 11) is 0. The van der Waals surface area contributed by atoms with Crippen LogP contribution in [-0.2, 0) is 4.79 Å². The highest BCUT2D eigenvalue weighted by atomic mass is 127. The molecule has 0 radical (unpaired) electrons. The molecule has 0 aliphatic carbocycles. The summed E-state index contributed by atoms with van der Waals surface area (Å²) in [6.45, 7) is 5.06. The number of anilines is 1. The van der Waals surface area contributed by atoms with Crippen LogP contribution >= 0.6 is 22.6 Å². The van der Waals surface area contributed by atoms with E-state index in [1.54, 1.807) is 6.07 Å². The van der Waals surface area contributed by atoms with Crippen molar-refractivity contribution in [3.8, 4) is 0 Å². The molecule has 0 aromatic heterocycles. The lowest BCUT2D eigenvalue weighted by Gasteiger charge is -2.38. The van der Waals surface area contributed by atoms with Gasteiger partial charge in [-0.2, -0.15) is 0 Å². The Kier molecular flexibility index (Phi) is 4.45. The Morgan fingerprint density at radius 1 is 1.53 bits per heavy atom. The van der Waals surface area contributed by atoms with Crippen molar-refractivity contribution in [3.05, 3.63) is 27.6 Å². The predicted molar refractivity (Wildman–Crippen MR) is 82.6 cm³/mol. The average molecular weight is 376 g/mol. The summed E-state index contributed by atoms with van der Waals surface area (Å²) < 4.78 is 13.7. The van der Waals surface area contributed by atoms with Gasteiger partial charge >= 0.3 is 0 Å². The molecule has 0 spiro atoms. The van der Waals surface area contributed by atoms with E-state index in [-0.39, 0.29) is 23.2 Å². The summed E-state index contributed by atoms with van der Waals surface area (Å²) in [6.07, 6.45) is 2.11. The number of nitrogens with one attached hydrogen (secondary N) is 2. The fourth-order valence-electron chi connectivity index (χ4n) is 2.45. The largest absolute Gasteiger partial charge is 0.324 e. The second-order valence-electron chi connectivity index (χ2n) is 5.59. The van der Waals surface area contributed by atoms with E-state index < -0.39 is 0 Å². The molecule has 1 aliphatic heterocycles. The third kappa shape index (κ3) is 3.45. The summed E-state index contributed by atoms with van der Waals surface area (Å²) in [4.78, 5) is 12.3. The van der Waals surface area contributed by atoms with Crippen molar-refractivity contribution in [2.24, 2.45) is 5.41 Å². The second kappa shape index (κ2) is 5.75. The lowest BCUT2D eigenvalue weighted by Crippen LogP contribution is -2.53. The first kappa shape index (κ1) is 14.7. The summed E-state index contributed by atoms with van der Waals surface area (Å²) in [6, 6.07) is 4.17. The van der Waals surface area contributed by atoms with Crippen molar-refractivity contribution >= 4 is 34.2 Å². The monoisotopic (exact) mass is 376 g/mol. The van der Waals surface area contributed by atoms with E-state index in [0.717, 1.165) is 19.4 Å². The van der Waals surface area contributed by atoms with Gasteiger partial charge in [-0.3, -0.25) is 4.79 Å². The first-order valence-electron chi connectivity index (χ1n) is 6.39. The zero-order valence-corrected chi connectivity index (χ0v) is 13.3. The van der Waals surface area contributed by atoms with Gasteiger partial charge < -0.3 is 10.6 Å². The zero-order valence-electron chi connectivity index (χ0n) is 11.1. The summed E-state index contributed by atoms with van der Waals surface area (Å²) in [5.74, 6) is -0.340. The maximum atomic E-state index is 13.0. The number of carbonyl (C=O) groups is 1. The topological polar surface area (TPSA) is 41.1 Å². The SMILES string of the molecule is CC1(C)CCCNC1C(=O)Nc1ccc(F)cc1I. The second-order valence-corrected chi connectivity index (χ2v) is 6.75. The van der Waals surface area contributed by atoms with Crippen molar-refractivity contribution in [3.63, 3.8) is 0 Å². The van der Waals surface area contributed by atoms with Crippen LogP contribution in [0, 0.1) is 14.8 Å². The van der Waals surface area contributed by atoms with Crippen LogP contribution in [-0.4, -0.2) is 18.5 Å². The summed E-state index contributed by atoms with van der Waals surface area (Å²) in [5.41, 5.74) is 0.600. The molecule has 104 valence electrons. The minimum atomic E-state index is -0.293. The summed E-state index contributed by atoms with van der Waals surface area (Å²) in [5, 5.41) is 6.16. The fraction of sp³-hybridized carbons (Fsp3) is 0.500. The molecule has 1 atom stereocenters. The van der Waals surface area contributed by atoms with E-state index >= 15 is 0 Å². The highest BCUT2D eigenvalue weighted by Crippen LogP contribution is 2.31. The van der Waals surface area contributed by atoms with Crippen LogP contribution in [0.25, 0.3) is 0 Å². The van der Waals surface area contributed by atoms with Crippen molar-refractivity contribution in [1.82, 2.24) is 5.32 Å². The van der Waals surface area contributed by atoms with Crippen LogP contribution in [0.15, 0.2) is 18.2 Å². The minimum Gasteiger partial charge on any atom is -0.324 e. The Bertz CT molecular complexity index is 490. The van der Waals surface area contributed by atoms with E-state index in [9.17, 15) is 9.18 Å². The van der Waals surface area contributed by atoms with Gasteiger partial charge in [-0.05, 0) is 65.6 Å². The molecule has 2 N–H and O–H groups in total. The van der Waals surface area contributed by atoms with Gasteiger partial charge in [0, 0.05) is 3.57 Å². The van der Waals surface area contributed by atoms with Gasteiger partial charge in [0.25, 0.3) is 0 Å². The molecule has 1 aromatic rings. The Hall–Kier alpha value is -0.690. The van der Waals surface area contributed by atoms with Crippen LogP contribution in [0.2, 0.25) is 0 Å². The van der Waals surface area contributed by atoms with Crippen molar-refractivity contribution < 1.29 is 9.18 Å². The molecule has 1 heterocycles. The standard InChI is InChI=1S/C14H18FIN2O/c1-14(2)6-3-7-17-12(14)13(19)18-11-5-4-9(15)8-10(11)16/h4-5,8,12,17H,3,6-7H2,1-2H3,(H,18,19). The fourth-order valence-corrected chi connectivity index (χ4v) is 3.07. The molecule has 1 saturated heterocycles. The van der Waals surface area contributed by atoms with E-state index in [1.807, 2.05) is 22.6 Å². The highest BCUT2D eigenvalue weighted by Gasteiger charge is 2.37. The third-order valence-corrected chi connectivity index (χ3v) is 4.47. The molecule has 1 aromatic carbocycles. The number of amides is 1. The molecule has 3 nitrogen and oxygen atoms in total. The maximum absolute atomic E-state index is 13.0. The molecule has 1 aliphatic rings. The molecule has 0 bridgehead atoms. The number of carbonyl (C=O) groups excluding carboxylic acids is 1.